The van der Waals surface area contributed by atoms with Crippen LogP contribution in [-0.2, 0) is 11.3 Å². The van der Waals surface area contributed by atoms with E-state index in [2.05, 4.69) is 27.9 Å². The number of imidazole rings is 1. The van der Waals surface area contributed by atoms with E-state index in [1.54, 1.807) is 0 Å². The number of nitrogens with one attached hydrogen (secondary N) is 1. The molecule has 0 saturated heterocycles. The van der Waals surface area contributed by atoms with Crippen LogP contribution >= 0.6 is 0 Å². The van der Waals surface area contributed by atoms with Crippen molar-refractivity contribution in [3.05, 3.63) is 54.1 Å². The number of carbonyl (C=O) groups excluding carboxylic acids is 1. The van der Waals surface area contributed by atoms with Crippen molar-refractivity contribution in [2.45, 2.75) is 45.2 Å². The summed E-state index contributed by atoms with van der Waals surface area (Å²) >= 11 is 0. The first kappa shape index (κ1) is 14.8. The van der Waals surface area contributed by atoms with Gasteiger partial charge in [0.15, 0.2) is 0 Å². The average Bonchev–Trinajstić information content (AvgIpc) is 2.97. The second-order valence-electron chi connectivity index (χ2n) is 6.38. The van der Waals surface area contributed by atoms with Gasteiger partial charge >= 0.3 is 0 Å². The zero-order chi connectivity index (χ0) is 15.5. The van der Waals surface area contributed by atoms with E-state index in [1.165, 1.54) is 5.56 Å². The first-order valence-electron chi connectivity index (χ1n) is 7.95. The lowest BCUT2D eigenvalue weighted by atomic mass is 9.79. The zero-order valence-corrected chi connectivity index (χ0v) is 13.2. The highest BCUT2D eigenvalue weighted by Gasteiger charge is 2.31. The average molecular weight is 297 g/mol. The van der Waals surface area contributed by atoms with Crippen LogP contribution in [0.25, 0.3) is 0 Å². The summed E-state index contributed by atoms with van der Waals surface area (Å²) < 4.78 is 2.11. The van der Waals surface area contributed by atoms with Crippen LogP contribution < -0.4 is 5.32 Å². The van der Waals surface area contributed by atoms with Gasteiger partial charge in [-0.1, -0.05) is 24.3 Å². The van der Waals surface area contributed by atoms with Crippen LogP contribution in [0.4, 0.5) is 0 Å². The Morgan fingerprint density at radius 3 is 2.86 bits per heavy atom. The van der Waals surface area contributed by atoms with E-state index >= 15 is 0 Å². The van der Waals surface area contributed by atoms with Crippen molar-refractivity contribution >= 4 is 5.91 Å². The second-order valence-corrected chi connectivity index (χ2v) is 6.38. The third kappa shape index (κ3) is 3.21. The molecule has 0 spiro atoms. The highest BCUT2D eigenvalue weighted by atomic mass is 16.1. The van der Waals surface area contributed by atoms with E-state index in [0.717, 1.165) is 24.9 Å². The number of rotatable bonds is 5. The Morgan fingerprint density at radius 2 is 2.18 bits per heavy atom. The molecule has 1 atom stereocenters. The van der Waals surface area contributed by atoms with Gasteiger partial charge in [-0.25, -0.2) is 4.98 Å². The Kier molecular flexibility index (Phi) is 4.27. The monoisotopic (exact) mass is 297 g/mol. The standard InChI is InChI=1S/C18H23N3O/c1-13-5-3-4-6-17(13)14(2)18(22)20-16-9-15(10-16)11-21-8-7-19-12-21/h3-8,12,14-16H,9-11H2,1-2H3,(H,20,22). The second kappa shape index (κ2) is 6.34. The zero-order valence-electron chi connectivity index (χ0n) is 13.2. The molecule has 4 nitrogen and oxygen atoms in total. The molecular formula is C18H23N3O. The molecule has 1 heterocycles. The number of hydrogen-bond donors (Lipinski definition) is 1. The van der Waals surface area contributed by atoms with Crippen molar-refractivity contribution in [2.75, 3.05) is 0 Å². The number of benzene rings is 1. The summed E-state index contributed by atoms with van der Waals surface area (Å²) in [5, 5.41) is 3.19. The van der Waals surface area contributed by atoms with Crippen molar-refractivity contribution < 1.29 is 4.79 Å². The van der Waals surface area contributed by atoms with Crippen LogP contribution in [0, 0.1) is 12.8 Å². The van der Waals surface area contributed by atoms with Gasteiger partial charge in [0.05, 0.1) is 12.2 Å². The maximum atomic E-state index is 12.4. The molecule has 116 valence electrons. The predicted molar refractivity (Wildman–Crippen MR) is 86.5 cm³/mol. The Morgan fingerprint density at radius 1 is 1.41 bits per heavy atom. The smallest absolute Gasteiger partial charge is 0.227 e. The van der Waals surface area contributed by atoms with Gasteiger partial charge in [0, 0.05) is 25.0 Å². The summed E-state index contributed by atoms with van der Waals surface area (Å²) in [6.45, 7) is 5.04. The number of nitrogens with zero attached hydrogens (tertiary/aromatic N) is 2. The Hall–Kier alpha value is -2.10. The Labute approximate surface area is 131 Å². The van der Waals surface area contributed by atoms with Gasteiger partial charge < -0.3 is 9.88 Å². The molecule has 0 radical (unpaired) electrons. The van der Waals surface area contributed by atoms with Crippen molar-refractivity contribution in [1.82, 2.24) is 14.9 Å². The molecule has 0 bridgehead atoms. The van der Waals surface area contributed by atoms with E-state index in [-0.39, 0.29) is 11.8 Å². The van der Waals surface area contributed by atoms with Crippen LogP contribution in [0.15, 0.2) is 43.0 Å². The summed E-state index contributed by atoms with van der Waals surface area (Å²) in [7, 11) is 0. The number of carbonyl (C=O) groups is 1. The minimum absolute atomic E-state index is 0.0890. The lowest BCUT2D eigenvalue weighted by Gasteiger charge is -2.36. The molecule has 1 aromatic carbocycles. The van der Waals surface area contributed by atoms with Gasteiger partial charge in [-0.3, -0.25) is 4.79 Å². The molecule has 1 amide bonds. The van der Waals surface area contributed by atoms with E-state index in [4.69, 9.17) is 0 Å². The van der Waals surface area contributed by atoms with E-state index in [0.29, 0.717) is 12.0 Å². The quantitative estimate of drug-likeness (QED) is 0.922. The highest BCUT2D eigenvalue weighted by Crippen LogP contribution is 2.30. The van der Waals surface area contributed by atoms with Crippen LogP contribution in [0.5, 0.6) is 0 Å². The number of aryl methyl sites for hydroxylation is 1. The van der Waals surface area contributed by atoms with Gasteiger partial charge in [-0.15, -0.1) is 0 Å². The third-order valence-corrected chi connectivity index (χ3v) is 4.66. The van der Waals surface area contributed by atoms with Gasteiger partial charge in [0.1, 0.15) is 0 Å². The number of hydrogen-bond acceptors (Lipinski definition) is 2. The van der Waals surface area contributed by atoms with Crippen LogP contribution in [0.2, 0.25) is 0 Å². The van der Waals surface area contributed by atoms with Crippen LogP contribution in [0.1, 0.15) is 36.8 Å². The summed E-state index contributed by atoms with van der Waals surface area (Å²) in [5.74, 6) is 0.697. The maximum Gasteiger partial charge on any atom is 0.227 e. The van der Waals surface area contributed by atoms with Crippen LogP contribution in [0.3, 0.4) is 0 Å². The topological polar surface area (TPSA) is 46.9 Å². The molecule has 2 aromatic rings. The van der Waals surface area contributed by atoms with Crippen molar-refractivity contribution in [3.63, 3.8) is 0 Å². The largest absolute Gasteiger partial charge is 0.353 e. The Balaban J connectivity index is 1.48. The maximum absolute atomic E-state index is 12.4. The molecule has 1 saturated carbocycles. The summed E-state index contributed by atoms with van der Waals surface area (Å²) in [4.78, 5) is 16.5. The summed E-state index contributed by atoms with van der Waals surface area (Å²) in [6, 6.07) is 8.44. The first-order chi connectivity index (χ1) is 10.6. The lowest BCUT2D eigenvalue weighted by Crippen LogP contribution is -2.46. The minimum atomic E-state index is -0.0890. The van der Waals surface area contributed by atoms with E-state index in [1.807, 2.05) is 43.8 Å². The fraction of sp³-hybridized carbons (Fsp3) is 0.444. The molecular weight excluding hydrogens is 274 g/mol. The Bertz CT molecular complexity index is 630. The van der Waals surface area contributed by atoms with Gasteiger partial charge in [-0.05, 0) is 43.7 Å². The van der Waals surface area contributed by atoms with Gasteiger partial charge in [0.25, 0.3) is 0 Å². The molecule has 1 aliphatic carbocycles. The fourth-order valence-corrected chi connectivity index (χ4v) is 3.24. The lowest BCUT2D eigenvalue weighted by molar-refractivity contribution is -0.123. The van der Waals surface area contributed by atoms with E-state index < -0.39 is 0 Å². The normalized spacial score (nSPS) is 21.9. The highest BCUT2D eigenvalue weighted by molar-refractivity contribution is 5.83. The van der Waals surface area contributed by atoms with Crippen molar-refractivity contribution in [2.24, 2.45) is 5.92 Å². The molecule has 3 rings (SSSR count). The summed E-state index contributed by atoms with van der Waals surface area (Å²) in [6.07, 6.45) is 7.77. The van der Waals surface area contributed by atoms with Gasteiger partial charge in [0.2, 0.25) is 5.91 Å². The minimum Gasteiger partial charge on any atom is -0.353 e. The van der Waals surface area contributed by atoms with E-state index in [9.17, 15) is 4.79 Å². The SMILES string of the molecule is Cc1ccccc1C(C)C(=O)NC1CC(Cn2ccnc2)C1. The molecule has 0 aliphatic heterocycles. The van der Waals surface area contributed by atoms with Crippen LogP contribution in [-0.4, -0.2) is 21.5 Å². The molecule has 22 heavy (non-hydrogen) atoms. The van der Waals surface area contributed by atoms with Gasteiger partial charge in [-0.2, -0.15) is 0 Å². The molecule has 1 N–H and O–H groups in total. The van der Waals surface area contributed by atoms with Crippen molar-refractivity contribution in [3.8, 4) is 0 Å². The third-order valence-electron chi connectivity index (χ3n) is 4.66. The molecule has 1 unspecified atom stereocenters. The summed E-state index contributed by atoms with van der Waals surface area (Å²) in [5.41, 5.74) is 2.30. The number of aromatic nitrogens is 2. The molecule has 1 fully saturated rings. The van der Waals surface area contributed by atoms with Crippen molar-refractivity contribution in [1.29, 1.82) is 0 Å². The molecule has 4 heteroatoms. The number of amides is 1. The predicted octanol–water partition coefficient (Wildman–Crippen LogP) is 2.89. The first-order valence-corrected chi connectivity index (χ1v) is 7.95. The fourth-order valence-electron chi connectivity index (χ4n) is 3.24. The molecule has 1 aromatic heterocycles. The molecule has 1 aliphatic rings.